The molecular formula is C17H14FN3O3. The Labute approximate surface area is 135 Å². The van der Waals surface area contributed by atoms with Gasteiger partial charge in [-0.2, -0.15) is 0 Å². The summed E-state index contributed by atoms with van der Waals surface area (Å²) in [6, 6.07) is 12.5. The first-order valence-corrected chi connectivity index (χ1v) is 7.21. The third-order valence-electron chi connectivity index (χ3n) is 3.75. The second-order valence-corrected chi connectivity index (χ2v) is 5.30. The van der Waals surface area contributed by atoms with Crippen LogP contribution in [0.2, 0.25) is 0 Å². The van der Waals surface area contributed by atoms with Crippen molar-refractivity contribution < 1.29 is 9.18 Å². The highest BCUT2D eigenvalue weighted by atomic mass is 19.1. The SMILES string of the molecule is CN(C(=O)Cn1c(=O)c(=O)[nH]c2cc(F)ccc21)c1ccccc1. The standard InChI is InChI=1S/C17H14FN3O3/c1-20(12-5-3-2-4-6-12)15(22)10-21-14-8-7-11(18)9-13(14)19-16(23)17(21)24/h2-9H,10H2,1H3,(H,19,23). The van der Waals surface area contributed by atoms with Crippen molar-refractivity contribution in [2.24, 2.45) is 0 Å². The number of amides is 1. The zero-order valence-electron chi connectivity index (χ0n) is 12.8. The number of aromatic amines is 1. The van der Waals surface area contributed by atoms with E-state index < -0.39 is 16.9 Å². The Bertz CT molecular complexity index is 1020. The number of hydrogen-bond acceptors (Lipinski definition) is 3. The molecule has 3 aromatic rings. The molecule has 0 atom stereocenters. The van der Waals surface area contributed by atoms with Crippen molar-refractivity contribution in [3.63, 3.8) is 0 Å². The fourth-order valence-corrected chi connectivity index (χ4v) is 2.45. The molecule has 0 aliphatic rings. The summed E-state index contributed by atoms with van der Waals surface area (Å²) in [6.07, 6.45) is 0. The van der Waals surface area contributed by atoms with Crippen molar-refractivity contribution >= 4 is 22.6 Å². The number of H-pyrrole nitrogens is 1. The lowest BCUT2D eigenvalue weighted by Gasteiger charge is -2.18. The lowest BCUT2D eigenvalue weighted by molar-refractivity contribution is -0.118. The van der Waals surface area contributed by atoms with Crippen LogP contribution in [0.4, 0.5) is 10.1 Å². The largest absolute Gasteiger partial charge is 0.317 e. The van der Waals surface area contributed by atoms with Gasteiger partial charge in [0.25, 0.3) is 0 Å². The molecule has 1 heterocycles. The summed E-state index contributed by atoms with van der Waals surface area (Å²) in [5.74, 6) is -0.921. The van der Waals surface area contributed by atoms with Gasteiger partial charge in [0.05, 0.1) is 11.0 Å². The molecule has 0 saturated heterocycles. The summed E-state index contributed by atoms with van der Waals surface area (Å²) in [5.41, 5.74) is -0.645. The summed E-state index contributed by atoms with van der Waals surface area (Å²) < 4.78 is 14.4. The Hall–Kier alpha value is -3.22. The van der Waals surface area contributed by atoms with Crippen LogP contribution in [-0.4, -0.2) is 22.5 Å². The molecule has 24 heavy (non-hydrogen) atoms. The molecule has 7 heteroatoms. The maximum atomic E-state index is 13.3. The predicted octanol–water partition coefficient (Wildman–Crippen LogP) is 1.49. The Morgan fingerprint density at radius 2 is 1.88 bits per heavy atom. The molecule has 3 rings (SSSR count). The van der Waals surface area contributed by atoms with Crippen LogP contribution in [0.3, 0.4) is 0 Å². The Morgan fingerprint density at radius 1 is 1.17 bits per heavy atom. The van der Waals surface area contributed by atoms with E-state index in [9.17, 15) is 18.8 Å². The quantitative estimate of drug-likeness (QED) is 0.741. The number of anilines is 1. The van der Waals surface area contributed by atoms with Crippen molar-refractivity contribution in [2.75, 3.05) is 11.9 Å². The molecular weight excluding hydrogens is 313 g/mol. The first kappa shape index (κ1) is 15.7. The molecule has 1 N–H and O–H groups in total. The van der Waals surface area contributed by atoms with E-state index in [-0.39, 0.29) is 23.5 Å². The monoisotopic (exact) mass is 327 g/mol. The summed E-state index contributed by atoms with van der Waals surface area (Å²) in [6.45, 7) is -0.323. The van der Waals surface area contributed by atoms with Crippen molar-refractivity contribution in [1.29, 1.82) is 0 Å². The smallest absolute Gasteiger partial charge is 0.316 e. The van der Waals surface area contributed by atoms with E-state index in [0.29, 0.717) is 5.69 Å². The highest BCUT2D eigenvalue weighted by molar-refractivity contribution is 5.93. The normalized spacial score (nSPS) is 10.8. The van der Waals surface area contributed by atoms with E-state index in [1.165, 1.54) is 17.0 Å². The van der Waals surface area contributed by atoms with Crippen molar-refractivity contribution in [3.8, 4) is 0 Å². The average Bonchev–Trinajstić information content (AvgIpc) is 2.58. The molecule has 0 aliphatic carbocycles. The molecule has 0 spiro atoms. The first-order valence-electron chi connectivity index (χ1n) is 7.21. The molecule has 6 nitrogen and oxygen atoms in total. The van der Waals surface area contributed by atoms with Gasteiger partial charge in [-0.1, -0.05) is 18.2 Å². The topological polar surface area (TPSA) is 75.2 Å². The maximum absolute atomic E-state index is 13.3. The number of nitrogens with zero attached hydrogens (tertiary/aromatic N) is 2. The van der Waals surface area contributed by atoms with Gasteiger partial charge >= 0.3 is 11.1 Å². The van der Waals surface area contributed by atoms with Crippen molar-refractivity contribution in [2.45, 2.75) is 6.54 Å². The molecule has 0 aliphatic heterocycles. The zero-order chi connectivity index (χ0) is 17.3. The van der Waals surface area contributed by atoms with Gasteiger partial charge in [-0.05, 0) is 30.3 Å². The number of fused-ring (bicyclic) bond motifs is 1. The van der Waals surface area contributed by atoms with Crippen LogP contribution < -0.4 is 16.0 Å². The zero-order valence-corrected chi connectivity index (χ0v) is 12.8. The minimum absolute atomic E-state index is 0.162. The van der Waals surface area contributed by atoms with Crippen LogP contribution in [0, 0.1) is 5.82 Å². The number of carbonyl (C=O) groups is 1. The highest BCUT2D eigenvalue weighted by Crippen LogP contribution is 2.13. The van der Waals surface area contributed by atoms with Crippen molar-refractivity contribution in [3.05, 3.63) is 75.1 Å². The lowest BCUT2D eigenvalue weighted by Crippen LogP contribution is -2.40. The average molecular weight is 327 g/mol. The highest BCUT2D eigenvalue weighted by Gasteiger charge is 2.15. The van der Waals surface area contributed by atoms with Gasteiger partial charge in [-0.3, -0.25) is 19.0 Å². The molecule has 0 unspecified atom stereocenters. The van der Waals surface area contributed by atoms with Gasteiger partial charge in [-0.25, -0.2) is 4.39 Å². The molecule has 0 bridgehead atoms. The van der Waals surface area contributed by atoms with Crippen LogP contribution >= 0.6 is 0 Å². The number of hydrogen-bond donors (Lipinski definition) is 1. The van der Waals surface area contributed by atoms with Crippen LogP contribution in [0.15, 0.2) is 58.1 Å². The molecule has 1 amide bonds. The van der Waals surface area contributed by atoms with Crippen LogP contribution in [0.1, 0.15) is 0 Å². The molecule has 1 aromatic heterocycles. The van der Waals surface area contributed by atoms with E-state index in [2.05, 4.69) is 4.98 Å². The van der Waals surface area contributed by atoms with Gasteiger partial charge in [-0.15, -0.1) is 0 Å². The molecule has 0 radical (unpaired) electrons. The van der Waals surface area contributed by atoms with Crippen molar-refractivity contribution in [1.82, 2.24) is 9.55 Å². The summed E-state index contributed by atoms with van der Waals surface area (Å²) in [5, 5.41) is 0. The number of halogens is 1. The van der Waals surface area contributed by atoms with E-state index in [1.54, 1.807) is 31.3 Å². The second-order valence-electron chi connectivity index (χ2n) is 5.30. The number of benzene rings is 2. The number of nitrogens with one attached hydrogen (secondary N) is 1. The number of likely N-dealkylation sites (N-methyl/N-ethyl adjacent to an activating group) is 1. The number of rotatable bonds is 3. The number of carbonyl (C=O) groups excluding carboxylic acids is 1. The van der Waals surface area contributed by atoms with E-state index in [4.69, 9.17) is 0 Å². The van der Waals surface area contributed by atoms with Crippen LogP contribution in [-0.2, 0) is 11.3 Å². The summed E-state index contributed by atoms with van der Waals surface area (Å²) >= 11 is 0. The fourth-order valence-electron chi connectivity index (χ4n) is 2.45. The van der Waals surface area contributed by atoms with Gasteiger partial charge < -0.3 is 9.88 Å². The van der Waals surface area contributed by atoms with E-state index >= 15 is 0 Å². The number of para-hydroxylation sites is 1. The number of aromatic nitrogens is 2. The van der Waals surface area contributed by atoms with Gasteiger partial charge in [0.2, 0.25) is 5.91 Å². The van der Waals surface area contributed by atoms with Crippen LogP contribution in [0.5, 0.6) is 0 Å². The summed E-state index contributed by atoms with van der Waals surface area (Å²) in [7, 11) is 1.58. The fraction of sp³-hybridized carbons (Fsp3) is 0.118. The molecule has 0 fully saturated rings. The Kier molecular flexibility index (Phi) is 3.99. The Balaban J connectivity index is 2.04. The van der Waals surface area contributed by atoms with E-state index in [1.807, 2.05) is 6.07 Å². The minimum atomic E-state index is -0.900. The summed E-state index contributed by atoms with van der Waals surface area (Å²) in [4.78, 5) is 40.0. The third-order valence-corrected chi connectivity index (χ3v) is 3.75. The van der Waals surface area contributed by atoms with Crippen LogP contribution in [0.25, 0.3) is 11.0 Å². The lowest BCUT2D eigenvalue weighted by atomic mass is 10.2. The maximum Gasteiger partial charge on any atom is 0.317 e. The van der Waals surface area contributed by atoms with Gasteiger partial charge in [0, 0.05) is 12.7 Å². The van der Waals surface area contributed by atoms with Gasteiger partial charge in [0.1, 0.15) is 12.4 Å². The molecule has 122 valence electrons. The third kappa shape index (κ3) is 2.83. The second kappa shape index (κ2) is 6.11. The molecule has 2 aromatic carbocycles. The van der Waals surface area contributed by atoms with E-state index in [0.717, 1.165) is 10.6 Å². The molecule has 0 saturated carbocycles. The predicted molar refractivity (Wildman–Crippen MR) is 88.6 cm³/mol. The minimum Gasteiger partial charge on any atom is -0.316 e. The Morgan fingerprint density at radius 3 is 2.58 bits per heavy atom. The first-order chi connectivity index (χ1) is 11.5. The van der Waals surface area contributed by atoms with Gasteiger partial charge in [0.15, 0.2) is 0 Å².